The van der Waals surface area contributed by atoms with E-state index in [9.17, 15) is 14.4 Å². The van der Waals surface area contributed by atoms with Crippen molar-refractivity contribution in [2.45, 2.75) is 12.8 Å². The topological polar surface area (TPSA) is 63.7 Å². The molecule has 0 aromatic heterocycles. The van der Waals surface area contributed by atoms with Crippen LogP contribution in [0.25, 0.3) is 0 Å². The molecule has 0 saturated carbocycles. The summed E-state index contributed by atoms with van der Waals surface area (Å²) in [5.41, 5.74) is 0.374. The smallest absolute Gasteiger partial charge is 0.345 e. The fourth-order valence-corrected chi connectivity index (χ4v) is 2.87. The zero-order chi connectivity index (χ0) is 17.3. The van der Waals surface area contributed by atoms with Crippen molar-refractivity contribution < 1.29 is 19.1 Å². The van der Waals surface area contributed by atoms with Crippen LogP contribution in [0.1, 0.15) is 23.2 Å². The molecule has 0 spiro atoms. The number of benzene rings is 2. The van der Waals surface area contributed by atoms with Crippen molar-refractivity contribution in [3.63, 3.8) is 0 Å². The molecule has 3 rings (SSSR count). The van der Waals surface area contributed by atoms with Crippen LogP contribution in [0.15, 0.2) is 42.5 Å². The Kier molecular flexibility index (Phi) is 4.55. The minimum Gasteiger partial charge on any atom is -0.421 e. The number of halogens is 2. The molecular weight excluding hydrogens is 353 g/mol. The van der Waals surface area contributed by atoms with E-state index < -0.39 is 5.97 Å². The number of anilines is 1. The molecule has 0 atom stereocenters. The lowest BCUT2D eigenvalue weighted by Crippen LogP contribution is -2.29. The van der Waals surface area contributed by atoms with Crippen LogP contribution in [0.4, 0.5) is 5.69 Å². The summed E-state index contributed by atoms with van der Waals surface area (Å²) in [5.74, 6) is -1.25. The fourth-order valence-electron chi connectivity index (χ4n) is 2.38. The molecule has 1 saturated heterocycles. The Morgan fingerprint density at radius 3 is 2.33 bits per heavy atom. The van der Waals surface area contributed by atoms with Crippen molar-refractivity contribution in [3.8, 4) is 5.75 Å². The van der Waals surface area contributed by atoms with Gasteiger partial charge in [0.15, 0.2) is 5.75 Å². The molecule has 0 unspecified atom stereocenters. The second kappa shape index (κ2) is 6.63. The average molecular weight is 364 g/mol. The lowest BCUT2D eigenvalue weighted by Gasteiger charge is -2.17. The van der Waals surface area contributed by atoms with Crippen LogP contribution in [0.2, 0.25) is 10.0 Å². The van der Waals surface area contributed by atoms with Crippen molar-refractivity contribution >= 4 is 46.7 Å². The molecule has 2 amide bonds. The number of imide groups is 1. The minimum absolute atomic E-state index is 0.108. The summed E-state index contributed by atoms with van der Waals surface area (Å²) in [4.78, 5) is 37.2. The highest BCUT2D eigenvalue weighted by Gasteiger charge is 2.32. The number of esters is 1. The van der Waals surface area contributed by atoms with Crippen LogP contribution in [0.3, 0.4) is 0 Å². The summed E-state index contributed by atoms with van der Waals surface area (Å²) in [6.45, 7) is 0. The van der Waals surface area contributed by atoms with E-state index in [-0.39, 0.29) is 46.7 Å². The van der Waals surface area contributed by atoms with Crippen LogP contribution in [-0.4, -0.2) is 17.8 Å². The van der Waals surface area contributed by atoms with Gasteiger partial charge in [-0.1, -0.05) is 35.3 Å². The van der Waals surface area contributed by atoms with Crippen molar-refractivity contribution in [1.82, 2.24) is 0 Å². The molecule has 0 aliphatic carbocycles. The van der Waals surface area contributed by atoms with E-state index in [1.807, 2.05) is 0 Å². The molecule has 1 aliphatic rings. The number of nitrogens with zero attached hydrogens (tertiary/aromatic N) is 1. The first-order valence-electron chi connectivity index (χ1n) is 7.09. The van der Waals surface area contributed by atoms with Crippen LogP contribution in [0, 0.1) is 0 Å². The molecular formula is C17H11Cl2NO4. The summed E-state index contributed by atoms with van der Waals surface area (Å²) in [7, 11) is 0. The Labute approximate surface area is 147 Å². The van der Waals surface area contributed by atoms with E-state index in [0.29, 0.717) is 5.02 Å². The van der Waals surface area contributed by atoms with E-state index in [2.05, 4.69) is 0 Å². The molecule has 2 aromatic carbocycles. The molecule has 1 aliphatic heterocycles. The van der Waals surface area contributed by atoms with E-state index in [1.165, 1.54) is 24.3 Å². The highest BCUT2D eigenvalue weighted by molar-refractivity contribution is 6.36. The lowest BCUT2D eigenvalue weighted by atomic mass is 10.2. The maximum absolute atomic E-state index is 12.3. The first-order chi connectivity index (χ1) is 11.5. The molecule has 24 heavy (non-hydrogen) atoms. The number of rotatable bonds is 3. The average Bonchev–Trinajstić information content (AvgIpc) is 2.87. The number of amides is 2. The summed E-state index contributed by atoms with van der Waals surface area (Å²) in [6.07, 6.45) is 0.286. The molecule has 2 aromatic rings. The van der Waals surface area contributed by atoms with Gasteiger partial charge in [-0.15, -0.1) is 0 Å². The predicted molar refractivity (Wildman–Crippen MR) is 89.6 cm³/mol. The number of para-hydroxylation sites is 2. The van der Waals surface area contributed by atoms with Crippen molar-refractivity contribution in [3.05, 3.63) is 58.1 Å². The maximum atomic E-state index is 12.3. The zero-order valence-electron chi connectivity index (χ0n) is 12.3. The highest BCUT2D eigenvalue weighted by Crippen LogP contribution is 2.33. The lowest BCUT2D eigenvalue weighted by molar-refractivity contribution is -0.121. The van der Waals surface area contributed by atoms with E-state index >= 15 is 0 Å². The van der Waals surface area contributed by atoms with Gasteiger partial charge in [-0.2, -0.15) is 0 Å². The third kappa shape index (κ3) is 3.13. The summed E-state index contributed by atoms with van der Waals surface area (Å²) < 4.78 is 5.35. The minimum atomic E-state index is -0.705. The van der Waals surface area contributed by atoms with Crippen LogP contribution in [-0.2, 0) is 9.59 Å². The Bertz CT molecular complexity index is 834. The Balaban J connectivity index is 1.92. The Morgan fingerprint density at radius 1 is 1.00 bits per heavy atom. The number of ether oxygens (including phenoxy) is 1. The predicted octanol–water partition coefficient (Wildman–Crippen LogP) is 3.87. The third-order valence-electron chi connectivity index (χ3n) is 3.51. The van der Waals surface area contributed by atoms with Crippen LogP contribution in [0.5, 0.6) is 5.75 Å². The molecule has 0 N–H and O–H groups in total. The first kappa shape index (κ1) is 16.5. The van der Waals surface area contributed by atoms with Gasteiger partial charge < -0.3 is 4.74 Å². The monoisotopic (exact) mass is 363 g/mol. The number of hydrogen-bond acceptors (Lipinski definition) is 4. The summed E-state index contributed by atoms with van der Waals surface area (Å²) >= 11 is 11.8. The summed E-state index contributed by atoms with van der Waals surface area (Å²) in [5, 5.41) is 0.545. The molecule has 1 fully saturated rings. The molecule has 122 valence electrons. The van der Waals surface area contributed by atoms with Crippen molar-refractivity contribution in [1.29, 1.82) is 0 Å². The second-order valence-corrected chi connectivity index (χ2v) is 5.95. The second-order valence-electron chi connectivity index (χ2n) is 5.10. The van der Waals surface area contributed by atoms with Gasteiger partial charge in [0.2, 0.25) is 11.8 Å². The Morgan fingerprint density at radius 2 is 1.67 bits per heavy atom. The number of carbonyl (C=O) groups is 3. The van der Waals surface area contributed by atoms with Crippen LogP contribution >= 0.6 is 23.2 Å². The molecule has 5 nitrogen and oxygen atoms in total. The molecule has 1 heterocycles. The van der Waals surface area contributed by atoms with Gasteiger partial charge in [-0.3, -0.25) is 9.59 Å². The normalized spacial score (nSPS) is 14.2. The fraction of sp³-hybridized carbons (Fsp3) is 0.118. The standard InChI is InChI=1S/C17H11Cl2NO4/c18-10-5-6-11(12(19)9-10)17(23)24-14-4-2-1-3-13(14)20-15(21)7-8-16(20)22/h1-6,9H,7-8H2. The van der Waals surface area contributed by atoms with Gasteiger partial charge >= 0.3 is 5.97 Å². The highest BCUT2D eigenvalue weighted by atomic mass is 35.5. The SMILES string of the molecule is O=C(Oc1ccccc1N1C(=O)CCC1=O)c1ccc(Cl)cc1Cl. The van der Waals surface area contributed by atoms with E-state index in [0.717, 1.165) is 4.90 Å². The number of hydrogen-bond donors (Lipinski definition) is 0. The van der Waals surface area contributed by atoms with Crippen molar-refractivity contribution in [2.75, 3.05) is 4.90 Å². The molecule has 7 heteroatoms. The molecule has 0 radical (unpaired) electrons. The van der Waals surface area contributed by atoms with Crippen LogP contribution < -0.4 is 9.64 Å². The van der Waals surface area contributed by atoms with Gasteiger partial charge in [-0.05, 0) is 30.3 Å². The van der Waals surface area contributed by atoms with E-state index in [4.69, 9.17) is 27.9 Å². The van der Waals surface area contributed by atoms with Gasteiger partial charge in [0, 0.05) is 17.9 Å². The van der Waals surface area contributed by atoms with Gasteiger partial charge in [-0.25, -0.2) is 9.69 Å². The Hall–Kier alpha value is -2.37. The first-order valence-corrected chi connectivity index (χ1v) is 7.85. The number of carbonyl (C=O) groups excluding carboxylic acids is 3. The maximum Gasteiger partial charge on any atom is 0.345 e. The zero-order valence-corrected chi connectivity index (χ0v) is 13.8. The van der Waals surface area contributed by atoms with Gasteiger partial charge in [0.05, 0.1) is 16.3 Å². The van der Waals surface area contributed by atoms with Gasteiger partial charge in [0.1, 0.15) is 0 Å². The quantitative estimate of drug-likeness (QED) is 0.471. The summed E-state index contributed by atoms with van der Waals surface area (Å²) in [6, 6.07) is 10.7. The molecule has 0 bridgehead atoms. The van der Waals surface area contributed by atoms with E-state index in [1.54, 1.807) is 18.2 Å². The van der Waals surface area contributed by atoms with Crippen molar-refractivity contribution in [2.24, 2.45) is 0 Å². The largest absolute Gasteiger partial charge is 0.421 e. The van der Waals surface area contributed by atoms with Gasteiger partial charge in [0.25, 0.3) is 0 Å². The third-order valence-corrected chi connectivity index (χ3v) is 4.06.